The van der Waals surface area contributed by atoms with Crippen LogP contribution in [0.1, 0.15) is 18.9 Å². The fourth-order valence-electron chi connectivity index (χ4n) is 1.70. The maximum absolute atomic E-state index is 12.8. The van der Waals surface area contributed by atoms with E-state index in [1.165, 1.54) is 12.1 Å². The highest BCUT2D eigenvalue weighted by Crippen LogP contribution is 2.34. The monoisotopic (exact) mass is 224 g/mol. The summed E-state index contributed by atoms with van der Waals surface area (Å²) in [6.45, 7) is 2.03. The van der Waals surface area contributed by atoms with Crippen molar-refractivity contribution in [3.63, 3.8) is 0 Å². The van der Waals surface area contributed by atoms with Crippen molar-refractivity contribution in [2.45, 2.75) is 18.9 Å². The Morgan fingerprint density at radius 2 is 2.07 bits per heavy atom. The van der Waals surface area contributed by atoms with Crippen LogP contribution in [0.3, 0.4) is 0 Å². The molecule has 0 aromatic heterocycles. The molecule has 2 N–H and O–H groups in total. The molecule has 1 heterocycles. The number of hydrogen-bond acceptors (Lipinski definition) is 3. The lowest BCUT2D eigenvalue weighted by Gasteiger charge is -2.29. The third-order valence-electron chi connectivity index (χ3n) is 2.66. The third kappa shape index (κ3) is 2.15. The molecule has 1 aliphatic heterocycles. The molecular formula is C11H13FN2S. The van der Waals surface area contributed by atoms with Crippen LogP contribution >= 0.6 is 11.8 Å². The van der Waals surface area contributed by atoms with Crippen LogP contribution in [-0.2, 0) is 5.54 Å². The Kier molecular flexibility index (Phi) is 2.69. The van der Waals surface area contributed by atoms with Gasteiger partial charge in [-0.25, -0.2) is 4.39 Å². The van der Waals surface area contributed by atoms with E-state index < -0.39 is 0 Å². The highest BCUT2D eigenvalue weighted by Gasteiger charge is 2.29. The number of nitrogens with zero attached hydrogens (tertiary/aromatic N) is 1. The second-order valence-electron chi connectivity index (χ2n) is 3.83. The fourth-order valence-corrected chi connectivity index (χ4v) is 2.68. The largest absolute Gasteiger partial charge is 0.379 e. The first-order valence-corrected chi connectivity index (χ1v) is 5.83. The van der Waals surface area contributed by atoms with E-state index in [0.717, 1.165) is 17.7 Å². The lowest BCUT2D eigenvalue weighted by molar-refractivity contribution is 0.480. The maximum atomic E-state index is 12.8. The third-order valence-corrected chi connectivity index (χ3v) is 3.46. The van der Waals surface area contributed by atoms with Crippen molar-refractivity contribution >= 4 is 16.9 Å². The number of amidine groups is 1. The molecule has 0 saturated heterocycles. The zero-order valence-corrected chi connectivity index (χ0v) is 9.35. The molecule has 1 aromatic carbocycles. The van der Waals surface area contributed by atoms with Gasteiger partial charge in [-0.1, -0.05) is 23.9 Å². The molecule has 0 bridgehead atoms. The van der Waals surface area contributed by atoms with Crippen molar-refractivity contribution in [3.05, 3.63) is 35.6 Å². The normalized spacial score (nSPS) is 26.1. The summed E-state index contributed by atoms with van der Waals surface area (Å²) < 4.78 is 12.8. The summed E-state index contributed by atoms with van der Waals surface area (Å²) in [4.78, 5) is 4.45. The van der Waals surface area contributed by atoms with Crippen molar-refractivity contribution in [3.8, 4) is 0 Å². The number of halogens is 1. The molecule has 15 heavy (non-hydrogen) atoms. The van der Waals surface area contributed by atoms with E-state index in [-0.39, 0.29) is 11.4 Å². The zero-order chi connectivity index (χ0) is 10.9. The minimum absolute atomic E-state index is 0.218. The molecule has 0 amide bonds. The topological polar surface area (TPSA) is 38.4 Å². The van der Waals surface area contributed by atoms with E-state index in [1.807, 2.05) is 6.92 Å². The van der Waals surface area contributed by atoms with Crippen molar-refractivity contribution in [2.75, 3.05) is 5.75 Å². The minimum atomic E-state index is -0.289. The SMILES string of the molecule is CC1(c2ccc(F)cc2)CCSC(N)=N1. The van der Waals surface area contributed by atoms with Gasteiger partial charge in [-0.05, 0) is 31.0 Å². The van der Waals surface area contributed by atoms with Crippen LogP contribution < -0.4 is 5.73 Å². The summed E-state index contributed by atoms with van der Waals surface area (Å²) in [5.74, 6) is 0.743. The van der Waals surface area contributed by atoms with E-state index in [1.54, 1.807) is 23.9 Å². The van der Waals surface area contributed by atoms with Gasteiger partial charge in [0.05, 0.1) is 5.54 Å². The second kappa shape index (κ2) is 3.85. The van der Waals surface area contributed by atoms with Gasteiger partial charge in [0, 0.05) is 5.75 Å². The second-order valence-corrected chi connectivity index (χ2v) is 4.94. The van der Waals surface area contributed by atoms with E-state index in [4.69, 9.17) is 5.73 Å². The molecular weight excluding hydrogens is 211 g/mol. The molecule has 0 aliphatic carbocycles. The minimum Gasteiger partial charge on any atom is -0.379 e. The predicted molar refractivity (Wildman–Crippen MR) is 62.4 cm³/mol. The van der Waals surface area contributed by atoms with Crippen LogP contribution in [0.4, 0.5) is 4.39 Å². The first-order valence-electron chi connectivity index (χ1n) is 4.84. The summed E-state index contributed by atoms with van der Waals surface area (Å²) in [5.41, 5.74) is 6.45. The Morgan fingerprint density at radius 3 is 2.67 bits per heavy atom. The highest BCUT2D eigenvalue weighted by molar-refractivity contribution is 8.13. The van der Waals surface area contributed by atoms with E-state index >= 15 is 0 Å². The standard InChI is InChI=1S/C11H13FN2S/c1-11(6-7-15-10(13)14-11)8-2-4-9(12)5-3-8/h2-5H,6-7H2,1H3,(H2,13,14). The number of hydrogen-bond donors (Lipinski definition) is 1. The molecule has 4 heteroatoms. The van der Waals surface area contributed by atoms with E-state index in [9.17, 15) is 4.39 Å². The Hall–Kier alpha value is -1.03. The zero-order valence-electron chi connectivity index (χ0n) is 8.53. The maximum Gasteiger partial charge on any atom is 0.154 e. The quantitative estimate of drug-likeness (QED) is 0.796. The molecule has 0 spiro atoms. The van der Waals surface area contributed by atoms with Crippen LogP contribution in [-0.4, -0.2) is 10.9 Å². The van der Waals surface area contributed by atoms with Gasteiger partial charge in [0.1, 0.15) is 5.82 Å². The van der Waals surface area contributed by atoms with Crippen LogP contribution in [0.15, 0.2) is 29.3 Å². The number of benzene rings is 1. The van der Waals surface area contributed by atoms with Crippen molar-refractivity contribution in [1.29, 1.82) is 0 Å². The molecule has 1 aromatic rings. The van der Waals surface area contributed by atoms with Crippen LogP contribution in [0, 0.1) is 5.82 Å². The summed E-state index contributed by atoms with van der Waals surface area (Å²) in [5, 5.41) is 0.619. The van der Waals surface area contributed by atoms with Gasteiger partial charge in [-0.2, -0.15) is 0 Å². The number of nitrogens with two attached hydrogens (primary N) is 1. The highest BCUT2D eigenvalue weighted by atomic mass is 32.2. The Bertz CT molecular complexity index is 388. The smallest absolute Gasteiger partial charge is 0.154 e. The molecule has 1 aliphatic rings. The molecule has 1 unspecified atom stereocenters. The lowest BCUT2D eigenvalue weighted by Crippen LogP contribution is -2.28. The van der Waals surface area contributed by atoms with Crippen molar-refractivity contribution < 1.29 is 4.39 Å². The van der Waals surface area contributed by atoms with E-state index in [2.05, 4.69) is 4.99 Å². The molecule has 2 rings (SSSR count). The van der Waals surface area contributed by atoms with Crippen molar-refractivity contribution in [2.24, 2.45) is 10.7 Å². The Morgan fingerprint density at radius 1 is 1.40 bits per heavy atom. The molecule has 0 radical (unpaired) electrons. The van der Waals surface area contributed by atoms with Gasteiger partial charge >= 0.3 is 0 Å². The number of rotatable bonds is 1. The molecule has 0 saturated carbocycles. The van der Waals surface area contributed by atoms with Crippen LogP contribution in [0.25, 0.3) is 0 Å². The summed E-state index contributed by atoms with van der Waals surface area (Å²) >= 11 is 1.57. The van der Waals surface area contributed by atoms with Crippen molar-refractivity contribution in [1.82, 2.24) is 0 Å². The van der Waals surface area contributed by atoms with Crippen LogP contribution in [0.2, 0.25) is 0 Å². The van der Waals surface area contributed by atoms with Gasteiger partial charge < -0.3 is 5.73 Å². The average Bonchev–Trinajstić information content (AvgIpc) is 2.18. The van der Waals surface area contributed by atoms with E-state index in [0.29, 0.717) is 5.17 Å². The fraction of sp³-hybridized carbons (Fsp3) is 0.364. The lowest BCUT2D eigenvalue weighted by atomic mass is 9.90. The summed E-state index contributed by atoms with van der Waals surface area (Å²) in [6.07, 6.45) is 0.935. The Labute approximate surface area is 92.8 Å². The first kappa shape index (κ1) is 10.5. The molecule has 80 valence electrons. The first-order chi connectivity index (χ1) is 7.10. The average molecular weight is 224 g/mol. The molecule has 2 nitrogen and oxygen atoms in total. The summed E-state index contributed by atoms with van der Waals surface area (Å²) in [7, 11) is 0. The summed E-state index contributed by atoms with van der Waals surface area (Å²) in [6, 6.07) is 6.49. The van der Waals surface area contributed by atoms with Gasteiger partial charge in [0.2, 0.25) is 0 Å². The molecule has 1 atom stereocenters. The Balaban J connectivity index is 2.36. The van der Waals surface area contributed by atoms with Gasteiger partial charge in [0.25, 0.3) is 0 Å². The number of thioether (sulfide) groups is 1. The van der Waals surface area contributed by atoms with Crippen LogP contribution in [0.5, 0.6) is 0 Å². The van der Waals surface area contributed by atoms with Gasteiger partial charge in [0.15, 0.2) is 5.17 Å². The number of aliphatic imine (C=N–C) groups is 1. The van der Waals surface area contributed by atoms with Gasteiger partial charge in [-0.15, -0.1) is 0 Å². The van der Waals surface area contributed by atoms with Gasteiger partial charge in [-0.3, -0.25) is 4.99 Å². The molecule has 0 fully saturated rings. The predicted octanol–water partition coefficient (Wildman–Crippen LogP) is 2.49.